The molecule has 2 aromatic heterocycles. The molecule has 106 valence electrons. The molecule has 0 aliphatic heterocycles. The Morgan fingerprint density at radius 2 is 2.15 bits per heavy atom. The van der Waals surface area contributed by atoms with E-state index in [-0.39, 0.29) is 0 Å². The minimum Gasteiger partial charge on any atom is -0.299 e. The molecule has 0 N–H and O–H groups in total. The van der Waals surface area contributed by atoms with Crippen LogP contribution in [0.15, 0.2) is 30.0 Å². The van der Waals surface area contributed by atoms with Gasteiger partial charge < -0.3 is 0 Å². The predicted molar refractivity (Wildman–Crippen MR) is 88.5 cm³/mol. The van der Waals surface area contributed by atoms with Crippen LogP contribution in [0, 0.1) is 5.92 Å². The van der Waals surface area contributed by atoms with Crippen LogP contribution in [0.3, 0.4) is 0 Å². The van der Waals surface area contributed by atoms with Crippen LogP contribution >= 0.6 is 27.5 Å². The summed E-state index contributed by atoms with van der Waals surface area (Å²) in [6.45, 7) is 0. The lowest BCUT2D eigenvalue weighted by Crippen LogP contribution is -2.10. The van der Waals surface area contributed by atoms with E-state index in [0.29, 0.717) is 11.1 Å². The van der Waals surface area contributed by atoms with Gasteiger partial charge in [0.05, 0.1) is 5.69 Å². The van der Waals surface area contributed by atoms with E-state index in [1.165, 1.54) is 37.7 Å². The molecule has 0 atom stereocenters. The number of aromatic nitrogens is 2. The van der Waals surface area contributed by atoms with Crippen molar-refractivity contribution in [3.05, 3.63) is 40.8 Å². The van der Waals surface area contributed by atoms with E-state index in [1.807, 2.05) is 24.4 Å². The Morgan fingerprint density at radius 1 is 1.35 bits per heavy atom. The Hall–Kier alpha value is -0.800. The van der Waals surface area contributed by atoms with Crippen LogP contribution in [-0.4, -0.2) is 14.7 Å². The highest BCUT2D eigenvalue weighted by Crippen LogP contribution is 2.32. The Kier molecular flexibility index (Phi) is 4.47. The minimum atomic E-state index is 0.588. The highest BCUT2D eigenvalue weighted by atomic mass is 79.9. The molecule has 1 aliphatic carbocycles. The van der Waals surface area contributed by atoms with Gasteiger partial charge in [-0.3, -0.25) is 4.40 Å². The van der Waals surface area contributed by atoms with E-state index in [0.717, 1.165) is 16.7 Å². The molecule has 0 spiro atoms. The topological polar surface area (TPSA) is 17.3 Å². The zero-order valence-corrected chi connectivity index (χ0v) is 13.7. The third kappa shape index (κ3) is 2.79. The van der Waals surface area contributed by atoms with Gasteiger partial charge >= 0.3 is 0 Å². The number of pyridine rings is 1. The molecular weight excluding hydrogens is 336 g/mol. The molecule has 0 radical (unpaired) electrons. The Bertz CT molecular complexity index is 626. The standard InChI is InChI=1S/C16H18BrClN2/c17-11-13(12-6-2-1-3-7-12)10-14-16(18)19-15-8-4-5-9-20(14)15/h4-5,8-10,12H,1-3,6-7,11H2/b13-10-. The predicted octanol–water partition coefficient (Wildman–Crippen LogP) is 5.35. The highest BCUT2D eigenvalue weighted by Gasteiger charge is 2.18. The number of alkyl halides is 1. The number of halogens is 2. The fraction of sp³-hybridized carbons (Fsp3) is 0.438. The van der Waals surface area contributed by atoms with E-state index >= 15 is 0 Å². The summed E-state index contributed by atoms with van der Waals surface area (Å²) in [5, 5.41) is 1.50. The first-order valence-corrected chi connectivity index (χ1v) is 8.68. The number of fused-ring (bicyclic) bond motifs is 1. The molecule has 0 amide bonds. The van der Waals surface area contributed by atoms with Gasteiger partial charge in [-0.15, -0.1) is 0 Å². The van der Waals surface area contributed by atoms with Gasteiger partial charge in [-0.1, -0.05) is 58.4 Å². The Balaban J connectivity index is 2.00. The van der Waals surface area contributed by atoms with E-state index < -0.39 is 0 Å². The maximum atomic E-state index is 6.32. The van der Waals surface area contributed by atoms with Gasteiger partial charge in [0.1, 0.15) is 5.65 Å². The van der Waals surface area contributed by atoms with Gasteiger partial charge in [-0.05, 0) is 37.0 Å². The van der Waals surface area contributed by atoms with Crippen LogP contribution in [0.25, 0.3) is 11.7 Å². The summed E-state index contributed by atoms with van der Waals surface area (Å²) in [5.41, 5.74) is 3.35. The molecule has 1 saturated carbocycles. The SMILES string of the molecule is Clc1nc2ccccn2c1/C=C(/CBr)C1CCCCC1. The van der Waals surface area contributed by atoms with Crippen molar-refractivity contribution in [2.24, 2.45) is 5.92 Å². The molecule has 2 heterocycles. The lowest BCUT2D eigenvalue weighted by molar-refractivity contribution is 0.405. The van der Waals surface area contributed by atoms with Crippen molar-refractivity contribution in [1.82, 2.24) is 9.38 Å². The lowest BCUT2D eigenvalue weighted by Gasteiger charge is -2.23. The van der Waals surface area contributed by atoms with Crippen molar-refractivity contribution >= 4 is 39.3 Å². The normalized spacial score (nSPS) is 17.8. The Labute approximate surface area is 133 Å². The zero-order chi connectivity index (χ0) is 13.9. The van der Waals surface area contributed by atoms with Crippen molar-refractivity contribution in [3.8, 4) is 0 Å². The molecule has 0 unspecified atom stereocenters. The van der Waals surface area contributed by atoms with Crippen molar-refractivity contribution < 1.29 is 0 Å². The van der Waals surface area contributed by atoms with Crippen molar-refractivity contribution in [3.63, 3.8) is 0 Å². The largest absolute Gasteiger partial charge is 0.299 e. The lowest BCUT2D eigenvalue weighted by atomic mass is 9.84. The molecule has 20 heavy (non-hydrogen) atoms. The van der Waals surface area contributed by atoms with Gasteiger partial charge in [0.15, 0.2) is 5.15 Å². The van der Waals surface area contributed by atoms with Crippen molar-refractivity contribution in [2.45, 2.75) is 32.1 Å². The van der Waals surface area contributed by atoms with Gasteiger partial charge in [-0.2, -0.15) is 0 Å². The second-order valence-electron chi connectivity index (χ2n) is 5.40. The third-order valence-corrected chi connectivity index (χ3v) is 5.05. The molecule has 0 saturated heterocycles. The van der Waals surface area contributed by atoms with Gasteiger partial charge in [0, 0.05) is 11.5 Å². The first-order chi connectivity index (χ1) is 9.79. The van der Waals surface area contributed by atoms with Crippen LogP contribution in [0.4, 0.5) is 0 Å². The van der Waals surface area contributed by atoms with Crippen LogP contribution in [0.5, 0.6) is 0 Å². The first-order valence-electron chi connectivity index (χ1n) is 7.18. The number of hydrogen-bond acceptors (Lipinski definition) is 1. The number of imidazole rings is 1. The Morgan fingerprint density at radius 3 is 2.90 bits per heavy atom. The number of hydrogen-bond donors (Lipinski definition) is 0. The van der Waals surface area contributed by atoms with Crippen LogP contribution in [-0.2, 0) is 0 Å². The van der Waals surface area contributed by atoms with Crippen molar-refractivity contribution in [1.29, 1.82) is 0 Å². The maximum Gasteiger partial charge on any atom is 0.155 e. The number of rotatable bonds is 3. The first kappa shape index (κ1) is 14.2. The zero-order valence-electron chi connectivity index (χ0n) is 11.4. The molecular formula is C16H18BrClN2. The van der Waals surface area contributed by atoms with Gasteiger partial charge in [0.2, 0.25) is 0 Å². The summed E-state index contributed by atoms with van der Waals surface area (Å²) in [6, 6.07) is 5.98. The summed E-state index contributed by atoms with van der Waals surface area (Å²) < 4.78 is 2.06. The van der Waals surface area contributed by atoms with Crippen molar-refractivity contribution in [2.75, 3.05) is 5.33 Å². The van der Waals surface area contributed by atoms with Crippen LogP contribution in [0.1, 0.15) is 37.8 Å². The molecule has 4 heteroatoms. The number of nitrogens with zero attached hydrogens (tertiary/aromatic N) is 2. The quantitative estimate of drug-likeness (QED) is 0.680. The molecule has 2 aromatic rings. The second kappa shape index (κ2) is 6.31. The number of allylic oxidation sites excluding steroid dienone is 1. The summed E-state index contributed by atoms with van der Waals surface area (Å²) in [7, 11) is 0. The molecule has 3 rings (SSSR count). The van der Waals surface area contributed by atoms with E-state index in [1.54, 1.807) is 0 Å². The molecule has 1 fully saturated rings. The monoisotopic (exact) mass is 352 g/mol. The molecule has 0 aromatic carbocycles. The highest BCUT2D eigenvalue weighted by molar-refractivity contribution is 9.09. The summed E-state index contributed by atoms with van der Waals surface area (Å²) >= 11 is 9.96. The average molecular weight is 354 g/mol. The van der Waals surface area contributed by atoms with E-state index in [9.17, 15) is 0 Å². The van der Waals surface area contributed by atoms with Crippen LogP contribution < -0.4 is 0 Å². The minimum absolute atomic E-state index is 0.588. The second-order valence-corrected chi connectivity index (χ2v) is 6.32. The fourth-order valence-electron chi connectivity index (χ4n) is 3.03. The summed E-state index contributed by atoms with van der Waals surface area (Å²) in [6.07, 6.45) is 10.9. The maximum absolute atomic E-state index is 6.32. The summed E-state index contributed by atoms with van der Waals surface area (Å²) in [5.74, 6) is 0.688. The summed E-state index contributed by atoms with van der Waals surface area (Å²) in [4.78, 5) is 4.41. The molecule has 2 nitrogen and oxygen atoms in total. The molecule has 0 bridgehead atoms. The van der Waals surface area contributed by atoms with E-state index in [4.69, 9.17) is 11.6 Å². The fourth-order valence-corrected chi connectivity index (χ4v) is 3.88. The van der Waals surface area contributed by atoms with Gasteiger partial charge in [-0.25, -0.2) is 4.98 Å². The molecule has 1 aliphatic rings. The van der Waals surface area contributed by atoms with Crippen LogP contribution in [0.2, 0.25) is 5.15 Å². The average Bonchev–Trinajstić information content (AvgIpc) is 2.81. The van der Waals surface area contributed by atoms with E-state index in [2.05, 4.69) is 31.4 Å². The van der Waals surface area contributed by atoms with Gasteiger partial charge in [0.25, 0.3) is 0 Å². The third-order valence-electron chi connectivity index (χ3n) is 4.13. The smallest absolute Gasteiger partial charge is 0.155 e.